The van der Waals surface area contributed by atoms with Gasteiger partial charge in [0.1, 0.15) is 10.0 Å². The van der Waals surface area contributed by atoms with Crippen LogP contribution in [0, 0.1) is 0 Å². The Morgan fingerprint density at radius 1 is 0.950 bits per heavy atom. The molecule has 0 fully saturated rings. The van der Waals surface area contributed by atoms with Crippen molar-refractivity contribution in [3.05, 3.63) is 10.0 Å². The summed E-state index contributed by atoms with van der Waals surface area (Å²) in [7, 11) is 0. The Bertz CT molecular complexity index is 338. The first-order chi connectivity index (χ1) is 9.81. The first kappa shape index (κ1) is 17.6. The van der Waals surface area contributed by atoms with Crippen LogP contribution in [0.5, 0.6) is 0 Å². The molecule has 0 radical (unpaired) electrons. The van der Waals surface area contributed by atoms with Crippen molar-refractivity contribution >= 4 is 11.3 Å². The van der Waals surface area contributed by atoms with E-state index in [4.69, 9.17) is 0 Å². The van der Waals surface area contributed by atoms with Gasteiger partial charge in [-0.25, -0.2) is 0 Å². The molecule has 1 N–H and O–H groups in total. The predicted octanol–water partition coefficient (Wildman–Crippen LogP) is 4.89. The number of hydrogen-bond donors (Lipinski definition) is 1. The molecule has 20 heavy (non-hydrogen) atoms. The summed E-state index contributed by atoms with van der Waals surface area (Å²) in [4.78, 5) is 0. The van der Waals surface area contributed by atoms with Gasteiger partial charge in [-0.15, -0.1) is 10.2 Å². The summed E-state index contributed by atoms with van der Waals surface area (Å²) in [5.74, 6) is 0. The molecular weight excluding hydrogens is 266 g/mol. The normalized spacial score (nSPS) is 12.8. The van der Waals surface area contributed by atoms with Gasteiger partial charge in [0.15, 0.2) is 0 Å². The molecule has 3 nitrogen and oxygen atoms in total. The fourth-order valence-corrected chi connectivity index (χ4v) is 3.44. The summed E-state index contributed by atoms with van der Waals surface area (Å²) in [6, 6.07) is 0.389. The van der Waals surface area contributed by atoms with Crippen molar-refractivity contribution in [3.63, 3.8) is 0 Å². The van der Waals surface area contributed by atoms with Crippen LogP contribution in [0.25, 0.3) is 0 Å². The van der Waals surface area contributed by atoms with Crippen LogP contribution in [0.3, 0.4) is 0 Å². The second-order valence-corrected chi connectivity index (χ2v) is 6.52. The summed E-state index contributed by atoms with van der Waals surface area (Å²) < 4.78 is 0. The van der Waals surface area contributed by atoms with Crippen molar-refractivity contribution in [3.8, 4) is 0 Å². The fraction of sp³-hybridized carbons (Fsp3) is 0.875. The predicted molar refractivity (Wildman–Crippen MR) is 88.3 cm³/mol. The number of nitrogens with one attached hydrogen (secondary N) is 1. The highest BCUT2D eigenvalue weighted by molar-refractivity contribution is 7.11. The van der Waals surface area contributed by atoms with Crippen molar-refractivity contribution in [2.45, 2.75) is 84.6 Å². The summed E-state index contributed by atoms with van der Waals surface area (Å²) in [6.07, 6.45) is 11.7. The maximum absolute atomic E-state index is 4.35. The van der Waals surface area contributed by atoms with E-state index in [9.17, 15) is 0 Å². The van der Waals surface area contributed by atoms with E-state index in [-0.39, 0.29) is 0 Å². The molecular formula is C16H31N3S. The van der Waals surface area contributed by atoms with Gasteiger partial charge in [-0.1, -0.05) is 70.6 Å². The Labute approximate surface area is 128 Å². The van der Waals surface area contributed by atoms with Crippen LogP contribution in [0.4, 0.5) is 0 Å². The van der Waals surface area contributed by atoms with E-state index in [0.717, 1.165) is 24.4 Å². The highest BCUT2D eigenvalue weighted by Crippen LogP contribution is 2.22. The zero-order valence-corrected chi connectivity index (χ0v) is 14.3. The lowest BCUT2D eigenvalue weighted by atomic mass is 10.1. The van der Waals surface area contributed by atoms with E-state index in [2.05, 4.69) is 36.3 Å². The zero-order valence-electron chi connectivity index (χ0n) is 13.5. The molecule has 4 heteroatoms. The lowest BCUT2D eigenvalue weighted by molar-refractivity contribution is 0.530. The first-order valence-electron chi connectivity index (χ1n) is 8.37. The van der Waals surface area contributed by atoms with E-state index in [1.165, 1.54) is 50.0 Å². The second-order valence-electron chi connectivity index (χ2n) is 5.42. The van der Waals surface area contributed by atoms with E-state index < -0.39 is 0 Å². The second kappa shape index (κ2) is 11.2. The molecule has 1 aromatic rings. The van der Waals surface area contributed by atoms with Crippen LogP contribution >= 0.6 is 11.3 Å². The van der Waals surface area contributed by atoms with Crippen molar-refractivity contribution in [1.82, 2.24) is 15.5 Å². The van der Waals surface area contributed by atoms with Crippen LogP contribution in [0.15, 0.2) is 0 Å². The molecule has 1 heterocycles. The van der Waals surface area contributed by atoms with Crippen molar-refractivity contribution in [2.75, 3.05) is 6.54 Å². The molecule has 0 aliphatic rings. The first-order valence-corrected chi connectivity index (χ1v) is 9.19. The zero-order chi connectivity index (χ0) is 14.6. The molecule has 0 aliphatic carbocycles. The van der Waals surface area contributed by atoms with Crippen molar-refractivity contribution in [1.29, 1.82) is 0 Å². The maximum Gasteiger partial charge on any atom is 0.134 e. The average Bonchev–Trinajstić information content (AvgIpc) is 2.92. The van der Waals surface area contributed by atoms with E-state index >= 15 is 0 Å². The molecule has 1 unspecified atom stereocenters. The Kier molecular flexibility index (Phi) is 9.85. The minimum Gasteiger partial charge on any atom is -0.308 e. The lowest BCUT2D eigenvalue weighted by Crippen LogP contribution is -2.19. The molecule has 0 bridgehead atoms. The third-order valence-corrected chi connectivity index (χ3v) is 4.73. The molecule has 1 atom stereocenters. The monoisotopic (exact) mass is 297 g/mol. The van der Waals surface area contributed by atoms with Crippen molar-refractivity contribution < 1.29 is 0 Å². The topological polar surface area (TPSA) is 37.8 Å². The Morgan fingerprint density at radius 3 is 2.30 bits per heavy atom. The molecule has 0 saturated carbocycles. The maximum atomic E-state index is 4.35. The fourth-order valence-electron chi connectivity index (χ4n) is 2.39. The molecule has 0 aliphatic heterocycles. The molecule has 0 amide bonds. The minimum atomic E-state index is 0.389. The van der Waals surface area contributed by atoms with Crippen LogP contribution in [-0.2, 0) is 6.42 Å². The quantitative estimate of drug-likeness (QED) is 0.558. The highest BCUT2D eigenvalue weighted by Gasteiger charge is 2.13. The van der Waals surface area contributed by atoms with Gasteiger partial charge in [0.2, 0.25) is 0 Å². The average molecular weight is 298 g/mol. The Balaban J connectivity index is 2.20. The molecule has 1 aromatic heterocycles. The minimum absolute atomic E-state index is 0.389. The highest BCUT2D eigenvalue weighted by atomic mass is 32.1. The van der Waals surface area contributed by atoms with Crippen molar-refractivity contribution in [2.24, 2.45) is 0 Å². The third kappa shape index (κ3) is 6.80. The number of rotatable bonds is 12. The van der Waals surface area contributed by atoms with Gasteiger partial charge in [0.05, 0.1) is 6.04 Å². The van der Waals surface area contributed by atoms with Crippen LogP contribution in [0.2, 0.25) is 0 Å². The van der Waals surface area contributed by atoms with Crippen LogP contribution in [0.1, 0.15) is 88.2 Å². The molecule has 0 spiro atoms. The van der Waals surface area contributed by atoms with Gasteiger partial charge >= 0.3 is 0 Å². The Hall–Kier alpha value is -0.480. The van der Waals surface area contributed by atoms with E-state index in [1.807, 2.05) is 0 Å². The molecule has 0 saturated heterocycles. The lowest BCUT2D eigenvalue weighted by Gasteiger charge is -2.10. The van der Waals surface area contributed by atoms with E-state index in [1.54, 1.807) is 11.3 Å². The van der Waals surface area contributed by atoms with E-state index in [0.29, 0.717) is 6.04 Å². The summed E-state index contributed by atoms with van der Waals surface area (Å²) >= 11 is 1.79. The van der Waals surface area contributed by atoms with Crippen LogP contribution < -0.4 is 5.32 Å². The number of unbranched alkanes of at least 4 members (excludes halogenated alkanes) is 6. The summed E-state index contributed by atoms with van der Waals surface area (Å²) in [6.45, 7) is 7.60. The van der Waals surface area contributed by atoms with Gasteiger partial charge in [-0.3, -0.25) is 0 Å². The SMILES string of the molecule is CCCCCCCCCc1nnc(C(CC)NCC)s1. The van der Waals surface area contributed by atoms with Gasteiger partial charge in [-0.2, -0.15) is 0 Å². The standard InChI is InChI=1S/C16H31N3S/c1-4-7-8-9-10-11-12-13-15-18-19-16(20-15)14(5-2)17-6-3/h14,17H,4-13H2,1-3H3. The van der Waals surface area contributed by atoms with Gasteiger partial charge in [-0.05, 0) is 19.4 Å². The number of aryl methyl sites for hydroxylation is 1. The van der Waals surface area contributed by atoms with Crippen LogP contribution in [-0.4, -0.2) is 16.7 Å². The summed E-state index contributed by atoms with van der Waals surface area (Å²) in [5.41, 5.74) is 0. The Morgan fingerprint density at radius 2 is 1.65 bits per heavy atom. The molecule has 1 rings (SSSR count). The molecule has 116 valence electrons. The smallest absolute Gasteiger partial charge is 0.134 e. The largest absolute Gasteiger partial charge is 0.308 e. The van der Waals surface area contributed by atoms with Gasteiger partial charge < -0.3 is 5.32 Å². The number of aromatic nitrogens is 2. The third-order valence-electron chi connectivity index (χ3n) is 3.63. The molecule has 0 aromatic carbocycles. The van der Waals surface area contributed by atoms with Gasteiger partial charge in [0, 0.05) is 6.42 Å². The summed E-state index contributed by atoms with van der Waals surface area (Å²) in [5, 5.41) is 14.5. The van der Waals surface area contributed by atoms with Gasteiger partial charge in [0.25, 0.3) is 0 Å². The number of nitrogens with zero attached hydrogens (tertiary/aromatic N) is 2. The number of hydrogen-bond acceptors (Lipinski definition) is 4.